The lowest BCUT2D eigenvalue weighted by molar-refractivity contribution is -0.125. The Hall–Kier alpha value is 0.660. The van der Waals surface area contributed by atoms with Gasteiger partial charge in [0, 0.05) is 0 Å². The van der Waals surface area contributed by atoms with E-state index >= 15 is 0 Å². The van der Waals surface area contributed by atoms with Gasteiger partial charge in [-0.25, -0.2) is 0 Å². The molecule has 0 aromatic heterocycles. The largest absolute Gasteiger partial charge is 0.412 e. The van der Waals surface area contributed by atoms with Crippen molar-refractivity contribution in [2.24, 2.45) is 5.41 Å². The molecule has 1 unspecified atom stereocenters. The Morgan fingerprint density at radius 3 is 2.27 bits per heavy atom. The van der Waals surface area contributed by atoms with Gasteiger partial charge in [0.2, 0.25) is 3.79 Å². The zero-order chi connectivity index (χ0) is 11.9. The van der Waals surface area contributed by atoms with E-state index in [1.807, 2.05) is 20.8 Å². The number of nitrogens with zero attached hydrogens (tertiary/aromatic N) is 1. The van der Waals surface area contributed by atoms with Crippen LogP contribution in [0.5, 0.6) is 0 Å². The molecule has 88 valence electrons. The fourth-order valence-corrected chi connectivity index (χ4v) is 2.36. The van der Waals surface area contributed by atoms with E-state index in [2.05, 4.69) is 0 Å². The summed E-state index contributed by atoms with van der Waals surface area (Å²) in [5.74, 6) is 0. The van der Waals surface area contributed by atoms with Gasteiger partial charge in [-0.3, -0.25) is 0 Å². The Morgan fingerprint density at radius 2 is 1.87 bits per heavy atom. The maximum absolute atomic E-state index is 6.05. The van der Waals surface area contributed by atoms with Crippen molar-refractivity contribution in [2.75, 3.05) is 6.54 Å². The van der Waals surface area contributed by atoms with Crippen molar-refractivity contribution in [3.8, 4) is 0 Å². The minimum atomic E-state index is -1.38. The topological polar surface area (TPSA) is 12.5 Å². The summed E-state index contributed by atoms with van der Waals surface area (Å²) in [6.45, 7) is 6.32. The fourth-order valence-electron chi connectivity index (χ4n) is 1.53. The van der Waals surface area contributed by atoms with Gasteiger partial charge >= 0.3 is 0 Å². The van der Waals surface area contributed by atoms with Crippen molar-refractivity contribution in [1.29, 1.82) is 0 Å². The molecule has 0 saturated carbocycles. The first kappa shape index (κ1) is 13.7. The molecule has 0 fully saturated rings. The highest BCUT2D eigenvalue weighted by atomic mass is 35.6. The molecule has 1 rings (SSSR count). The smallest absolute Gasteiger partial charge is 0.206 e. The Balaban J connectivity index is 2.77. The minimum absolute atomic E-state index is 0.0833. The zero-order valence-electron chi connectivity index (χ0n) is 8.73. The van der Waals surface area contributed by atoms with E-state index < -0.39 is 3.79 Å². The van der Waals surface area contributed by atoms with Gasteiger partial charge in [-0.1, -0.05) is 67.2 Å². The van der Waals surface area contributed by atoms with Gasteiger partial charge in [0.1, 0.15) is 6.26 Å². The van der Waals surface area contributed by atoms with Crippen molar-refractivity contribution in [2.45, 2.75) is 30.6 Å². The highest BCUT2D eigenvalue weighted by molar-refractivity contribution is 6.67. The van der Waals surface area contributed by atoms with Crippen molar-refractivity contribution in [1.82, 2.24) is 5.06 Å². The van der Waals surface area contributed by atoms with E-state index in [9.17, 15) is 0 Å². The lowest BCUT2D eigenvalue weighted by atomic mass is 9.86. The molecule has 0 saturated heterocycles. The third-order valence-corrected chi connectivity index (χ3v) is 2.66. The predicted molar refractivity (Wildman–Crippen MR) is 65.3 cm³/mol. The number of alkyl halides is 3. The Labute approximate surface area is 110 Å². The van der Waals surface area contributed by atoms with Crippen LogP contribution in [0.1, 0.15) is 20.8 Å². The summed E-state index contributed by atoms with van der Waals surface area (Å²) in [5.41, 5.74) is -0.0833. The SMILES string of the molecule is CC(C)(C)C1C(Cl)=CON1CC(Cl)(Cl)Cl. The maximum atomic E-state index is 6.05. The number of hydrogen-bond donors (Lipinski definition) is 0. The van der Waals surface area contributed by atoms with Gasteiger partial charge in [0.05, 0.1) is 17.6 Å². The second kappa shape index (κ2) is 4.50. The summed E-state index contributed by atoms with van der Waals surface area (Å²) in [5, 5.41) is 2.21. The molecule has 0 N–H and O–H groups in total. The van der Waals surface area contributed by atoms with E-state index in [1.54, 1.807) is 5.06 Å². The number of halogens is 4. The van der Waals surface area contributed by atoms with Gasteiger partial charge in [-0.05, 0) is 5.41 Å². The lowest BCUT2D eigenvalue weighted by Crippen LogP contribution is -2.43. The summed E-state index contributed by atoms with van der Waals surface area (Å²) < 4.78 is -1.38. The van der Waals surface area contributed by atoms with Crippen molar-refractivity contribution >= 4 is 46.4 Å². The molecule has 0 spiro atoms. The molecular weight excluding hydrogens is 280 g/mol. The van der Waals surface area contributed by atoms with Crippen molar-refractivity contribution in [3.63, 3.8) is 0 Å². The average molecular weight is 293 g/mol. The van der Waals surface area contributed by atoms with Crippen LogP contribution in [0.15, 0.2) is 11.3 Å². The number of hydroxylamine groups is 2. The summed E-state index contributed by atoms with van der Waals surface area (Å²) in [7, 11) is 0. The Morgan fingerprint density at radius 1 is 1.33 bits per heavy atom. The molecular formula is C9H13Cl4NO. The van der Waals surface area contributed by atoms with E-state index in [1.165, 1.54) is 6.26 Å². The third kappa shape index (κ3) is 3.86. The molecule has 1 atom stereocenters. The quantitative estimate of drug-likeness (QED) is 0.675. The highest BCUT2D eigenvalue weighted by Gasteiger charge is 2.41. The fraction of sp³-hybridized carbons (Fsp3) is 0.778. The van der Waals surface area contributed by atoms with Crippen LogP contribution < -0.4 is 0 Å². The average Bonchev–Trinajstić information content (AvgIpc) is 2.25. The molecule has 0 aromatic carbocycles. The monoisotopic (exact) mass is 291 g/mol. The van der Waals surface area contributed by atoms with Crippen LogP contribution in [0.2, 0.25) is 0 Å². The van der Waals surface area contributed by atoms with Crippen LogP contribution in [0.4, 0.5) is 0 Å². The number of rotatable bonds is 1. The first-order valence-electron chi connectivity index (χ1n) is 4.47. The molecule has 0 radical (unpaired) electrons. The molecule has 0 aliphatic carbocycles. The van der Waals surface area contributed by atoms with Gasteiger partial charge < -0.3 is 4.84 Å². The summed E-state index contributed by atoms with van der Waals surface area (Å²) in [4.78, 5) is 5.27. The highest BCUT2D eigenvalue weighted by Crippen LogP contribution is 2.39. The molecule has 2 nitrogen and oxygen atoms in total. The van der Waals surface area contributed by atoms with E-state index in [-0.39, 0.29) is 18.0 Å². The molecule has 15 heavy (non-hydrogen) atoms. The zero-order valence-corrected chi connectivity index (χ0v) is 11.8. The van der Waals surface area contributed by atoms with Crippen LogP contribution >= 0.6 is 46.4 Å². The second-order valence-electron chi connectivity index (χ2n) is 4.57. The van der Waals surface area contributed by atoms with Crippen LogP contribution in [0.3, 0.4) is 0 Å². The van der Waals surface area contributed by atoms with E-state index in [0.29, 0.717) is 5.03 Å². The normalized spacial score (nSPS) is 23.9. The van der Waals surface area contributed by atoms with Gasteiger partial charge in [0.25, 0.3) is 0 Å². The Kier molecular flexibility index (Phi) is 4.12. The van der Waals surface area contributed by atoms with Crippen LogP contribution in [0, 0.1) is 5.41 Å². The lowest BCUT2D eigenvalue weighted by Gasteiger charge is -2.34. The maximum Gasteiger partial charge on any atom is 0.206 e. The van der Waals surface area contributed by atoms with E-state index in [4.69, 9.17) is 51.2 Å². The van der Waals surface area contributed by atoms with Crippen LogP contribution in [0.25, 0.3) is 0 Å². The molecule has 0 bridgehead atoms. The predicted octanol–water partition coefficient (Wildman–Crippen LogP) is 4.10. The first-order chi connectivity index (χ1) is 6.61. The minimum Gasteiger partial charge on any atom is -0.412 e. The molecule has 1 aliphatic rings. The van der Waals surface area contributed by atoms with Crippen LogP contribution in [-0.4, -0.2) is 21.4 Å². The first-order valence-corrected chi connectivity index (χ1v) is 5.98. The summed E-state index contributed by atoms with van der Waals surface area (Å²) in [6, 6.07) is -0.0882. The second-order valence-corrected chi connectivity index (χ2v) is 7.52. The van der Waals surface area contributed by atoms with Gasteiger partial charge in [-0.15, -0.1) is 5.06 Å². The third-order valence-electron chi connectivity index (χ3n) is 2.01. The van der Waals surface area contributed by atoms with Gasteiger partial charge in [0.15, 0.2) is 0 Å². The standard InChI is InChI=1S/C9H13Cl4NO/c1-8(2,3)7-6(10)4-15-14(7)5-9(11,12)13/h4,7H,5H2,1-3H3. The Bertz CT molecular complexity index is 266. The van der Waals surface area contributed by atoms with Crippen molar-refractivity contribution in [3.05, 3.63) is 11.3 Å². The molecule has 0 amide bonds. The summed E-state index contributed by atoms with van der Waals surface area (Å²) in [6.07, 6.45) is 1.48. The van der Waals surface area contributed by atoms with Gasteiger partial charge in [-0.2, -0.15) is 0 Å². The molecule has 1 heterocycles. The van der Waals surface area contributed by atoms with E-state index in [0.717, 1.165) is 0 Å². The molecule has 6 heteroatoms. The van der Waals surface area contributed by atoms with Crippen molar-refractivity contribution < 1.29 is 4.84 Å². The number of hydrogen-bond acceptors (Lipinski definition) is 2. The summed E-state index contributed by atoms with van der Waals surface area (Å²) >= 11 is 23.2. The molecule has 1 aliphatic heterocycles. The van der Waals surface area contributed by atoms with Crippen LogP contribution in [-0.2, 0) is 4.84 Å². The molecule has 0 aromatic rings.